The summed E-state index contributed by atoms with van der Waals surface area (Å²) < 4.78 is 26.0. The monoisotopic (exact) mass is 209 g/mol. The molecule has 0 aromatic carbocycles. The largest absolute Gasteiger partial charge is 0.380 e. The van der Waals surface area contributed by atoms with Crippen LogP contribution in [0.5, 0.6) is 0 Å². The quantitative estimate of drug-likeness (QED) is 0.603. The summed E-state index contributed by atoms with van der Waals surface area (Å²) in [5.74, 6) is -0.0826. The molecule has 0 atom stereocenters. The van der Waals surface area contributed by atoms with Crippen molar-refractivity contribution in [2.75, 3.05) is 19.0 Å². The molecule has 0 spiro atoms. The molecule has 0 aromatic heterocycles. The van der Waals surface area contributed by atoms with Crippen LogP contribution in [-0.2, 0) is 14.8 Å². The smallest absolute Gasteiger partial charge is 0.211 e. The summed E-state index contributed by atoms with van der Waals surface area (Å²) in [7, 11) is -3.35. The van der Waals surface area contributed by atoms with Gasteiger partial charge in [-0.15, -0.1) is 0 Å². The van der Waals surface area contributed by atoms with Crippen LogP contribution in [0.4, 0.5) is 0 Å². The Morgan fingerprint density at radius 1 is 1.15 bits per heavy atom. The predicted octanol–water partition coefficient (Wildman–Crippen LogP) is 0.872. The van der Waals surface area contributed by atoms with Gasteiger partial charge in [0.25, 0.3) is 0 Å². The number of rotatable bonds is 8. The van der Waals surface area contributed by atoms with Crippen molar-refractivity contribution in [1.82, 2.24) is 0 Å². The molecule has 5 heteroatoms. The highest BCUT2D eigenvalue weighted by molar-refractivity contribution is 7.89. The van der Waals surface area contributed by atoms with E-state index in [4.69, 9.17) is 9.88 Å². The van der Waals surface area contributed by atoms with Gasteiger partial charge in [0, 0.05) is 6.61 Å². The lowest BCUT2D eigenvalue weighted by Gasteiger charge is -2.02. The Morgan fingerprint density at radius 3 is 2.38 bits per heavy atom. The van der Waals surface area contributed by atoms with Crippen molar-refractivity contribution in [1.29, 1.82) is 0 Å². The number of hydrogen-bond donors (Lipinski definition) is 1. The molecule has 0 amide bonds. The van der Waals surface area contributed by atoms with E-state index in [9.17, 15) is 8.42 Å². The van der Waals surface area contributed by atoms with Crippen LogP contribution >= 0.6 is 0 Å². The molecule has 0 radical (unpaired) electrons. The Morgan fingerprint density at radius 2 is 1.85 bits per heavy atom. The van der Waals surface area contributed by atoms with Gasteiger partial charge >= 0.3 is 0 Å². The summed E-state index contributed by atoms with van der Waals surface area (Å²) in [5, 5.41) is 4.79. The minimum absolute atomic E-state index is 0.0826. The van der Waals surface area contributed by atoms with E-state index in [-0.39, 0.29) is 12.4 Å². The minimum Gasteiger partial charge on any atom is -0.380 e. The molecular formula is C8H19NO3S. The maximum Gasteiger partial charge on any atom is 0.211 e. The van der Waals surface area contributed by atoms with Gasteiger partial charge in [-0.3, -0.25) is 0 Å². The molecule has 0 aliphatic rings. The lowest BCUT2D eigenvalue weighted by molar-refractivity contribution is 0.144. The Bertz CT molecular complexity index is 201. The van der Waals surface area contributed by atoms with Gasteiger partial charge in [-0.25, -0.2) is 13.6 Å². The van der Waals surface area contributed by atoms with E-state index >= 15 is 0 Å². The number of unbranched alkanes of at least 4 members (excludes halogenated alkanes) is 3. The van der Waals surface area contributed by atoms with Crippen LogP contribution in [0.3, 0.4) is 0 Å². The Kier molecular flexibility index (Phi) is 7.22. The zero-order valence-electron chi connectivity index (χ0n) is 8.16. The molecule has 0 aromatic rings. The number of hydrogen-bond acceptors (Lipinski definition) is 3. The molecule has 0 saturated carbocycles. The Balaban J connectivity index is 3.09. The van der Waals surface area contributed by atoms with Crippen LogP contribution in [0.1, 0.15) is 32.6 Å². The third-order valence-corrected chi connectivity index (χ3v) is 2.39. The SMILES string of the molecule is CCCCCCOCCS(N)(=O)=O. The molecule has 0 saturated heterocycles. The summed E-state index contributed by atoms with van der Waals surface area (Å²) in [6.07, 6.45) is 4.54. The fraction of sp³-hybridized carbons (Fsp3) is 1.00. The first-order chi connectivity index (χ1) is 6.06. The molecule has 0 unspecified atom stereocenters. The normalized spacial score (nSPS) is 11.8. The predicted molar refractivity (Wildman–Crippen MR) is 52.9 cm³/mol. The van der Waals surface area contributed by atoms with Crippen molar-refractivity contribution >= 4 is 10.0 Å². The van der Waals surface area contributed by atoms with E-state index in [1.54, 1.807) is 0 Å². The zero-order valence-corrected chi connectivity index (χ0v) is 8.98. The molecule has 2 N–H and O–H groups in total. The second-order valence-corrected chi connectivity index (χ2v) is 4.77. The highest BCUT2D eigenvalue weighted by Gasteiger charge is 2.00. The summed E-state index contributed by atoms with van der Waals surface area (Å²) in [6.45, 7) is 2.99. The highest BCUT2D eigenvalue weighted by atomic mass is 32.2. The van der Waals surface area contributed by atoms with Crippen molar-refractivity contribution in [3.8, 4) is 0 Å². The van der Waals surface area contributed by atoms with Crippen LogP contribution in [0.15, 0.2) is 0 Å². The third kappa shape index (κ3) is 11.9. The van der Waals surface area contributed by atoms with Crippen LogP contribution in [-0.4, -0.2) is 27.4 Å². The molecule has 0 bridgehead atoms. The summed E-state index contributed by atoms with van der Waals surface area (Å²) in [6, 6.07) is 0. The van der Waals surface area contributed by atoms with Crippen LogP contribution in [0, 0.1) is 0 Å². The first-order valence-electron chi connectivity index (χ1n) is 4.64. The van der Waals surface area contributed by atoms with Gasteiger partial charge in [0.15, 0.2) is 0 Å². The molecular weight excluding hydrogens is 190 g/mol. The third-order valence-electron chi connectivity index (χ3n) is 1.65. The second-order valence-electron chi connectivity index (χ2n) is 3.04. The maximum atomic E-state index is 10.5. The van der Waals surface area contributed by atoms with Crippen molar-refractivity contribution in [3.05, 3.63) is 0 Å². The Labute approximate surface area is 80.5 Å². The summed E-state index contributed by atoms with van der Waals surface area (Å²) in [5.41, 5.74) is 0. The molecule has 0 fully saturated rings. The van der Waals surface area contributed by atoms with Gasteiger partial charge in [-0.1, -0.05) is 26.2 Å². The molecule has 0 heterocycles. The van der Waals surface area contributed by atoms with Gasteiger partial charge in [-0.05, 0) is 6.42 Å². The van der Waals surface area contributed by atoms with Crippen molar-refractivity contribution in [3.63, 3.8) is 0 Å². The number of nitrogens with two attached hydrogens (primary N) is 1. The van der Waals surface area contributed by atoms with E-state index in [0.717, 1.165) is 12.8 Å². The van der Waals surface area contributed by atoms with Crippen LogP contribution in [0.2, 0.25) is 0 Å². The lowest BCUT2D eigenvalue weighted by Crippen LogP contribution is -2.20. The minimum atomic E-state index is -3.35. The zero-order chi connectivity index (χ0) is 10.2. The Hall–Kier alpha value is -0.130. The van der Waals surface area contributed by atoms with E-state index in [1.165, 1.54) is 12.8 Å². The number of sulfonamides is 1. The fourth-order valence-electron chi connectivity index (χ4n) is 0.908. The van der Waals surface area contributed by atoms with Gasteiger partial charge in [0.05, 0.1) is 12.4 Å². The summed E-state index contributed by atoms with van der Waals surface area (Å²) in [4.78, 5) is 0. The summed E-state index contributed by atoms with van der Waals surface area (Å²) >= 11 is 0. The molecule has 80 valence electrons. The average Bonchev–Trinajstić information content (AvgIpc) is 2.01. The van der Waals surface area contributed by atoms with Crippen molar-refractivity contribution in [2.45, 2.75) is 32.6 Å². The molecule has 0 aliphatic carbocycles. The fourth-order valence-corrected chi connectivity index (χ4v) is 1.26. The molecule has 0 aliphatic heterocycles. The van der Waals surface area contributed by atoms with E-state index in [2.05, 4.69) is 6.92 Å². The van der Waals surface area contributed by atoms with E-state index in [0.29, 0.717) is 6.61 Å². The first-order valence-corrected chi connectivity index (χ1v) is 6.36. The first kappa shape index (κ1) is 12.9. The van der Waals surface area contributed by atoms with Gasteiger partial charge in [-0.2, -0.15) is 0 Å². The molecule has 13 heavy (non-hydrogen) atoms. The van der Waals surface area contributed by atoms with E-state index in [1.807, 2.05) is 0 Å². The van der Waals surface area contributed by atoms with Gasteiger partial charge < -0.3 is 4.74 Å². The van der Waals surface area contributed by atoms with Crippen LogP contribution < -0.4 is 5.14 Å². The highest BCUT2D eigenvalue weighted by Crippen LogP contribution is 1.98. The average molecular weight is 209 g/mol. The lowest BCUT2D eigenvalue weighted by atomic mass is 10.2. The molecule has 4 nitrogen and oxygen atoms in total. The van der Waals surface area contributed by atoms with Crippen LogP contribution in [0.25, 0.3) is 0 Å². The standard InChI is InChI=1S/C8H19NO3S/c1-2-3-4-5-6-12-7-8-13(9,10)11/h2-8H2,1H3,(H2,9,10,11). The second kappa shape index (κ2) is 7.29. The molecule has 0 rings (SSSR count). The van der Waals surface area contributed by atoms with Gasteiger partial charge in [0.2, 0.25) is 10.0 Å². The van der Waals surface area contributed by atoms with Gasteiger partial charge in [0.1, 0.15) is 0 Å². The number of primary sulfonamides is 1. The van der Waals surface area contributed by atoms with Crippen molar-refractivity contribution < 1.29 is 13.2 Å². The topological polar surface area (TPSA) is 69.4 Å². The number of ether oxygens (including phenoxy) is 1. The van der Waals surface area contributed by atoms with E-state index < -0.39 is 10.0 Å². The maximum absolute atomic E-state index is 10.5. The van der Waals surface area contributed by atoms with Crippen molar-refractivity contribution in [2.24, 2.45) is 5.14 Å².